The summed E-state index contributed by atoms with van der Waals surface area (Å²) in [4.78, 5) is 65.9. The molecule has 13 rings (SSSR count). The van der Waals surface area contributed by atoms with Crippen molar-refractivity contribution < 1.29 is 113 Å². The number of ether oxygens (including phenoxy) is 11. The predicted molar refractivity (Wildman–Crippen MR) is 527 cm³/mol. The molecule has 0 fully saturated rings. The van der Waals surface area contributed by atoms with Crippen molar-refractivity contribution >= 4 is 79.1 Å². The maximum Gasteiger partial charge on any atom is 0.522 e. The lowest BCUT2D eigenvalue weighted by Crippen LogP contribution is -2.37. The van der Waals surface area contributed by atoms with Gasteiger partial charge in [-0.25, -0.2) is 19.2 Å². The van der Waals surface area contributed by atoms with Crippen LogP contribution in [0, 0.1) is 0 Å². The first-order valence-corrected chi connectivity index (χ1v) is 46.6. The molecule has 0 radical (unpaired) electrons. The van der Waals surface area contributed by atoms with Crippen LogP contribution in [0.2, 0.25) is 0 Å². The molecular weight excluding hydrogens is 1910 g/mol. The van der Waals surface area contributed by atoms with Crippen LogP contribution in [0.25, 0.3) is 33.4 Å². The van der Waals surface area contributed by atoms with E-state index in [1.165, 1.54) is 50.7 Å². The molecule has 7 N–H and O–H groups in total. The maximum atomic E-state index is 12.2. The van der Waals surface area contributed by atoms with Crippen molar-refractivity contribution in [3.8, 4) is 33.4 Å². The van der Waals surface area contributed by atoms with Gasteiger partial charge in [-0.2, -0.15) is 21.6 Å². The van der Waals surface area contributed by atoms with Crippen molar-refractivity contribution in [1.29, 1.82) is 0 Å². The summed E-state index contributed by atoms with van der Waals surface area (Å²) in [5.41, 5.74) is 10.8. The topological polar surface area (TPSA) is 379 Å². The molecule has 4 aliphatic rings. The Kier molecular flexibility index (Phi) is 51.3. The van der Waals surface area contributed by atoms with Crippen molar-refractivity contribution in [1.82, 2.24) is 45.7 Å². The number of amides is 2. The number of nitrogens with zero attached hydrogens (tertiary/aromatic N) is 6. The second-order valence-electron chi connectivity index (χ2n) is 34.8. The molecule has 8 heterocycles. The molecule has 0 spiro atoms. The number of rotatable bonds is 18. The highest BCUT2D eigenvalue weighted by Gasteiger charge is 2.44. The van der Waals surface area contributed by atoms with Crippen LogP contribution in [-0.4, -0.2) is 239 Å². The largest absolute Gasteiger partial charge is 0.522 e. The lowest BCUT2D eigenvalue weighted by Gasteiger charge is -2.31. The molecule has 746 valence electrons. The van der Waals surface area contributed by atoms with Gasteiger partial charge in [0.25, 0.3) is 0 Å². The van der Waals surface area contributed by atoms with Crippen LogP contribution in [0.15, 0.2) is 204 Å². The molecule has 0 saturated heterocycles. The van der Waals surface area contributed by atoms with E-state index < -0.39 is 57.5 Å². The van der Waals surface area contributed by atoms with E-state index in [1.807, 2.05) is 124 Å². The molecule has 136 heavy (non-hydrogen) atoms. The van der Waals surface area contributed by atoms with E-state index >= 15 is 0 Å². The number of hydrogen-bond donors (Lipinski definition) is 7. The molecule has 30 nitrogen and oxygen atoms in total. The second kappa shape index (κ2) is 58.8. The molecule has 5 aromatic carbocycles. The molecule has 37 heteroatoms. The summed E-state index contributed by atoms with van der Waals surface area (Å²) in [6.45, 7) is 27.8. The standard InChI is InChI=1S/2C21H26N2O3.C16H18N2O.C11H14BrNO.C10H18O5.C8H9BrO.C5H6BNO2.C5H13NO2.CHF3O3S.CH4/c2*1-21(2,3)26-20(24)23(4)14-19-18-8-7-15(12-16(18)9-11-25-19)17-6-5-10-22-13-17;1-17-11-16-15-5-4-12(9-13(15)6-8-19-16)14-3-2-7-18-10-14;1-13-7-11-10-3-2-9(12)6-8(10)4-5-14-11;1-9(2,3)14-7(11)13-8(12)15-10(4,5)6;9-8-3-1-2-7(6-8)4-5-10;8-6(9)5-2-1-3-7-4-5;1-6-4-5(7-2)8-3;2-1(3,4)8(5,6)7;/h2*5-8,10,12-13,19H,9,11,14H2,1-4H3;2-5,7,9-10,16-17H,6,8,11H2,1H3;2-3,6,11,13H,4-5,7H2,1H3;1-6H3;1-3,6,10H,4-5H2;1-4,8-9H;5-6H,4H2,1-3H3;(H,5,6,7);1H4/t19-;;;;;;;;;/m0........./s1. The minimum Gasteiger partial charge on any atom is -0.444 e. The van der Waals surface area contributed by atoms with E-state index in [2.05, 4.69) is 163 Å². The van der Waals surface area contributed by atoms with Crippen molar-refractivity contribution in [3.05, 3.63) is 254 Å². The van der Waals surface area contributed by atoms with E-state index in [-0.39, 0.29) is 56.9 Å². The van der Waals surface area contributed by atoms with Crippen LogP contribution < -0.4 is 21.4 Å². The van der Waals surface area contributed by atoms with Gasteiger partial charge in [0.05, 0.1) is 51.7 Å². The molecular formula is C99H135BBr2F3N9O21S. The lowest BCUT2D eigenvalue weighted by molar-refractivity contribution is -0.0978. The van der Waals surface area contributed by atoms with Gasteiger partial charge in [0.1, 0.15) is 34.6 Å². The monoisotopic (exact) mass is 2040 g/mol. The number of methoxy groups -OCH3 is 2. The number of nitrogens with one attached hydrogen (secondary N) is 3. The first kappa shape index (κ1) is 119. The van der Waals surface area contributed by atoms with Gasteiger partial charge in [0, 0.05) is 119 Å². The van der Waals surface area contributed by atoms with E-state index in [9.17, 15) is 32.3 Å². The summed E-state index contributed by atoms with van der Waals surface area (Å²) in [6, 6.07) is 49.1. The summed E-state index contributed by atoms with van der Waals surface area (Å²) >= 11 is 6.84. The Morgan fingerprint density at radius 1 is 0.478 bits per heavy atom. The van der Waals surface area contributed by atoms with Gasteiger partial charge in [-0.05, 0) is 268 Å². The number of pyridine rings is 4. The summed E-state index contributed by atoms with van der Waals surface area (Å²) in [7, 11) is 5.25. The van der Waals surface area contributed by atoms with E-state index in [0.717, 1.165) is 113 Å². The molecule has 4 aromatic heterocycles. The summed E-state index contributed by atoms with van der Waals surface area (Å²) in [6.07, 6.45) is 15.7. The average molecular weight is 2050 g/mol. The lowest BCUT2D eigenvalue weighted by atomic mass is 9.82. The number of carbonyl (C=O) groups is 4. The fourth-order valence-corrected chi connectivity index (χ4v) is 13.8. The smallest absolute Gasteiger partial charge is 0.444 e. The zero-order chi connectivity index (χ0) is 100. The quantitative estimate of drug-likeness (QED) is 0.00798. The molecule has 4 atom stereocenters. The second-order valence-corrected chi connectivity index (χ2v) is 38.0. The normalized spacial score (nSPS) is 15.1. The van der Waals surface area contributed by atoms with Crippen molar-refractivity contribution in [2.45, 2.75) is 181 Å². The minimum atomic E-state index is -5.84. The SMILES string of the molecule is C.CC(C)(C)OC(=O)OC(=O)OC(C)(C)C.CN(CC1OCCc2cc(-c3cccnc3)ccc21)C(=O)OC(C)(C)C.CN(C[C@@H]1OCCc2cc(-c3cccnc3)ccc21)C(=O)OC(C)(C)C.CNCC(OC)OC.CNCC1OCCc2cc(-c3cccnc3)ccc21.CNCC1OCCc2cc(Br)ccc21.O=S(=O)(O)C(F)(F)F.OB(O)c1cccnc1.OCCc1cccc(Br)c1. The van der Waals surface area contributed by atoms with Crippen LogP contribution in [0.5, 0.6) is 0 Å². The third-order valence-corrected chi connectivity index (χ3v) is 20.7. The first-order chi connectivity index (χ1) is 63.6. The Balaban J connectivity index is 0.000000330. The summed E-state index contributed by atoms with van der Waals surface area (Å²) in [5, 5.41) is 34.9. The molecule has 2 amide bonds. The maximum absolute atomic E-state index is 12.2. The van der Waals surface area contributed by atoms with E-state index in [0.29, 0.717) is 31.8 Å². The highest BCUT2D eigenvalue weighted by Crippen LogP contribution is 2.36. The Labute approximate surface area is 816 Å². The fraction of sp³-hybridized carbons (Fsp3) is 0.455. The van der Waals surface area contributed by atoms with Crippen molar-refractivity contribution in [2.24, 2.45) is 0 Å². The summed E-state index contributed by atoms with van der Waals surface area (Å²) in [5.74, 6) is 0. The van der Waals surface area contributed by atoms with Gasteiger partial charge in [0.15, 0.2) is 6.29 Å². The number of benzene rings is 5. The Morgan fingerprint density at radius 3 is 1.10 bits per heavy atom. The molecule has 0 saturated carbocycles. The number of halogens is 5. The molecule has 3 unspecified atom stereocenters. The van der Waals surface area contributed by atoms with E-state index in [4.69, 9.17) is 75.5 Å². The zero-order valence-corrected chi connectivity index (χ0v) is 84.2. The Hall–Kier alpha value is -9.78. The number of fused-ring (bicyclic) bond motifs is 4. The van der Waals surface area contributed by atoms with E-state index in [1.54, 1.807) is 117 Å². The van der Waals surface area contributed by atoms with Gasteiger partial charge < -0.3 is 93.0 Å². The molecule has 0 bridgehead atoms. The highest BCUT2D eigenvalue weighted by molar-refractivity contribution is 9.10. The minimum absolute atomic E-state index is 0. The predicted octanol–water partition coefficient (Wildman–Crippen LogP) is 17.8. The van der Waals surface area contributed by atoms with Crippen LogP contribution in [-0.2, 0) is 94.3 Å². The Morgan fingerprint density at radius 2 is 0.816 bits per heavy atom. The Bertz CT molecular complexity index is 5010. The number of alkyl halides is 3. The fourth-order valence-electron chi connectivity index (χ4n) is 13.0. The average Bonchev–Trinajstić information content (AvgIpc) is 0.804. The van der Waals surface area contributed by atoms with Gasteiger partial charge in [-0.1, -0.05) is 136 Å². The van der Waals surface area contributed by atoms with Crippen molar-refractivity contribution in [3.63, 3.8) is 0 Å². The zero-order valence-electron chi connectivity index (χ0n) is 80.3. The third kappa shape index (κ3) is 44.8. The number of aliphatic hydroxyl groups is 1. The number of hydrogen-bond acceptors (Lipinski definition) is 27. The first-order valence-electron chi connectivity index (χ1n) is 43.6. The van der Waals surface area contributed by atoms with Crippen LogP contribution in [0.1, 0.15) is 165 Å². The van der Waals surface area contributed by atoms with Crippen molar-refractivity contribution in [2.75, 3.05) is 115 Å². The molecule has 9 aromatic rings. The van der Waals surface area contributed by atoms with Gasteiger partial charge in [-0.3, -0.25) is 24.5 Å². The van der Waals surface area contributed by atoms with Crippen LogP contribution in [0.4, 0.5) is 32.3 Å². The van der Waals surface area contributed by atoms with Gasteiger partial charge in [0.2, 0.25) is 0 Å². The molecule has 4 aliphatic heterocycles. The van der Waals surface area contributed by atoms with Gasteiger partial charge in [-0.15, -0.1) is 0 Å². The number of likely N-dealkylation sites (N-methyl/N-ethyl adjacent to an activating group) is 5. The van der Waals surface area contributed by atoms with Crippen LogP contribution in [0.3, 0.4) is 0 Å². The third-order valence-electron chi connectivity index (χ3n) is 19.1. The number of aromatic nitrogens is 4. The molecule has 0 aliphatic carbocycles. The summed E-state index contributed by atoms with van der Waals surface area (Å²) < 4.78 is 118. The number of aliphatic hydroxyl groups excluding tert-OH is 1. The number of carbonyl (C=O) groups excluding carboxylic acids is 4. The van der Waals surface area contributed by atoms with Gasteiger partial charge >= 0.3 is 47.2 Å². The van der Waals surface area contributed by atoms with Crippen LogP contribution >= 0.6 is 31.9 Å². The highest BCUT2D eigenvalue weighted by atomic mass is 79.9.